The first-order valence-corrected chi connectivity index (χ1v) is 10.8. The third-order valence-electron chi connectivity index (χ3n) is 4.92. The Hall–Kier alpha value is -0.0301. The lowest BCUT2D eigenvalue weighted by Gasteiger charge is -2.04. The summed E-state index contributed by atoms with van der Waals surface area (Å²) in [5.41, 5.74) is 0. The van der Waals surface area contributed by atoms with Gasteiger partial charge in [-0.25, -0.2) is 0 Å². The molecule has 0 rings (SSSR count). The maximum absolute atomic E-state index is 8.74. The Morgan fingerprint density at radius 1 is 0.280 bits per heavy atom. The third kappa shape index (κ3) is 24.0. The first-order valence-electron chi connectivity index (χ1n) is 10.8. The van der Waals surface area contributed by atoms with E-state index < -0.39 is 14.2 Å². The average molecular weight is 356 g/mol. The molecular formula is C19H42B2O4. The molecule has 0 radical (unpaired) electrons. The molecule has 0 unspecified atom stereocenters. The van der Waals surface area contributed by atoms with Crippen molar-refractivity contribution >= 4 is 14.2 Å². The van der Waals surface area contributed by atoms with E-state index in [1.807, 2.05) is 0 Å². The second kappa shape index (κ2) is 20.3. The van der Waals surface area contributed by atoms with Gasteiger partial charge in [-0.15, -0.1) is 0 Å². The molecular weight excluding hydrogens is 314 g/mol. The van der Waals surface area contributed by atoms with E-state index >= 15 is 0 Å². The molecule has 25 heavy (non-hydrogen) atoms. The van der Waals surface area contributed by atoms with Crippen molar-refractivity contribution in [3.8, 4) is 0 Å². The van der Waals surface area contributed by atoms with Crippen LogP contribution in [-0.2, 0) is 0 Å². The Balaban J connectivity index is 2.98. The van der Waals surface area contributed by atoms with Crippen LogP contribution >= 0.6 is 0 Å². The standard InChI is InChI=1S/C19H42B2O4/c22-20(23)18-16-14-12-10-8-6-4-2-1-3-5-7-9-11-13-15-17-19-21(24)25/h22-25H,1-19H2. The van der Waals surface area contributed by atoms with Crippen LogP contribution in [0.2, 0.25) is 12.6 Å². The van der Waals surface area contributed by atoms with Crippen molar-refractivity contribution in [3.63, 3.8) is 0 Å². The SMILES string of the molecule is OB(O)CCCCCCCCCCCCCCCCCCCB(O)O. The lowest BCUT2D eigenvalue weighted by atomic mass is 9.83. The molecule has 0 saturated carbocycles. The third-order valence-corrected chi connectivity index (χ3v) is 4.92. The molecule has 0 spiro atoms. The first kappa shape index (κ1) is 25.0. The molecule has 0 amide bonds. The molecule has 6 heteroatoms. The molecule has 148 valence electrons. The van der Waals surface area contributed by atoms with E-state index in [-0.39, 0.29) is 0 Å². The van der Waals surface area contributed by atoms with Crippen LogP contribution in [0.25, 0.3) is 0 Å². The van der Waals surface area contributed by atoms with Crippen LogP contribution in [0.15, 0.2) is 0 Å². The molecule has 0 aromatic heterocycles. The Kier molecular flexibility index (Phi) is 20.3. The predicted molar refractivity (Wildman–Crippen MR) is 108 cm³/mol. The first-order chi connectivity index (χ1) is 12.1. The van der Waals surface area contributed by atoms with Crippen LogP contribution in [0, 0.1) is 0 Å². The zero-order valence-electron chi connectivity index (χ0n) is 16.4. The van der Waals surface area contributed by atoms with E-state index in [4.69, 9.17) is 20.1 Å². The zero-order chi connectivity index (χ0) is 18.6. The summed E-state index contributed by atoms with van der Waals surface area (Å²) < 4.78 is 0. The number of rotatable bonds is 20. The van der Waals surface area contributed by atoms with Crippen LogP contribution in [0.3, 0.4) is 0 Å². The van der Waals surface area contributed by atoms with E-state index in [9.17, 15) is 0 Å². The second-order valence-electron chi connectivity index (χ2n) is 7.55. The highest BCUT2D eigenvalue weighted by atomic mass is 16.4. The minimum atomic E-state index is -1.12. The van der Waals surface area contributed by atoms with Gasteiger partial charge in [-0.1, -0.05) is 109 Å². The molecule has 0 bridgehead atoms. The summed E-state index contributed by atoms with van der Waals surface area (Å²) in [7, 11) is -2.24. The van der Waals surface area contributed by atoms with Crippen molar-refractivity contribution in [1.82, 2.24) is 0 Å². The van der Waals surface area contributed by atoms with Gasteiger partial charge in [-0.2, -0.15) is 0 Å². The Morgan fingerprint density at radius 3 is 0.600 bits per heavy atom. The maximum Gasteiger partial charge on any atom is 0.451 e. The Labute approximate surface area is 156 Å². The average Bonchev–Trinajstić information content (AvgIpc) is 2.56. The molecule has 0 saturated heterocycles. The van der Waals surface area contributed by atoms with Crippen molar-refractivity contribution in [2.24, 2.45) is 0 Å². The summed E-state index contributed by atoms with van der Waals surface area (Å²) in [6, 6.07) is 0. The maximum atomic E-state index is 8.74. The van der Waals surface area contributed by atoms with Crippen LogP contribution in [0.5, 0.6) is 0 Å². The molecule has 0 aliphatic carbocycles. The highest BCUT2D eigenvalue weighted by molar-refractivity contribution is 6.41. The fourth-order valence-electron chi connectivity index (χ4n) is 3.31. The van der Waals surface area contributed by atoms with E-state index in [0.29, 0.717) is 12.6 Å². The predicted octanol–water partition coefficient (Wildman–Crippen LogP) is 4.56. The highest BCUT2D eigenvalue weighted by Gasteiger charge is 2.05. The Morgan fingerprint density at radius 2 is 0.440 bits per heavy atom. The van der Waals surface area contributed by atoms with Crippen LogP contribution in [0.4, 0.5) is 0 Å². The molecule has 4 nitrogen and oxygen atoms in total. The van der Waals surface area contributed by atoms with Crippen LogP contribution in [0.1, 0.15) is 109 Å². The van der Waals surface area contributed by atoms with Gasteiger partial charge in [-0.05, 0) is 12.6 Å². The smallest absolute Gasteiger partial charge is 0.427 e. The molecule has 0 aliphatic heterocycles. The van der Waals surface area contributed by atoms with Gasteiger partial charge in [0, 0.05) is 0 Å². The summed E-state index contributed by atoms with van der Waals surface area (Å²) >= 11 is 0. The normalized spacial score (nSPS) is 11.0. The minimum Gasteiger partial charge on any atom is -0.427 e. The van der Waals surface area contributed by atoms with E-state index in [1.54, 1.807) is 0 Å². The second-order valence-corrected chi connectivity index (χ2v) is 7.55. The molecule has 0 fully saturated rings. The summed E-state index contributed by atoms with van der Waals surface area (Å²) in [5.74, 6) is 0. The quantitative estimate of drug-likeness (QED) is 0.190. The van der Waals surface area contributed by atoms with Gasteiger partial charge in [0.15, 0.2) is 0 Å². The van der Waals surface area contributed by atoms with E-state index in [1.165, 1.54) is 83.5 Å². The molecule has 4 N–H and O–H groups in total. The molecule has 0 aromatic rings. The fraction of sp³-hybridized carbons (Fsp3) is 1.00. The molecule has 0 heterocycles. The number of hydrogen-bond donors (Lipinski definition) is 4. The number of unbranched alkanes of at least 4 members (excludes halogenated alkanes) is 16. The fourth-order valence-corrected chi connectivity index (χ4v) is 3.31. The van der Waals surface area contributed by atoms with Crippen LogP contribution in [-0.4, -0.2) is 34.3 Å². The van der Waals surface area contributed by atoms with Gasteiger partial charge in [0.1, 0.15) is 0 Å². The van der Waals surface area contributed by atoms with Crippen molar-refractivity contribution < 1.29 is 20.1 Å². The van der Waals surface area contributed by atoms with Crippen molar-refractivity contribution in [3.05, 3.63) is 0 Å². The van der Waals surface area contributed by atoms with Gasteiger partial charge in [0.2, 0.25) is 0 Å². The monoisotopic (exact) mass is 356 g/mol. The van der Waals surface area contributed by atoms with Gasteiger partial charge >= 0.3 is 14.2 Å². The van der Waals surface area contributed by atoms with Gasteiger partial charge in [0.25, 0.3) is 0 Å². The molecule has 0 atom stereocenters. The van der Waals surface area contributed by atoms with Crippen molar-refractivity contribution in [2.45, 2.75) is 122 Å². The van der Waals surface area contributed by atoms with E-state index in [2.05, 4.69) is 0 Å². The Bertz CT molecular complexity index is 230. The van der Waals surface area contributed by atoms with Gasteiger partial charge in [-0.3, -0.25) is 0 Å². The van der Waals surface area contributed by atoms with Crippen molar-refractivity contribution in [1.29, 1.82) is 0 Å². The van der Waals surface area contributed by atoms with Gasteiger partial charge < -0.3 is 20.1 Å². The summed E-state index contributed by atoms with van der Waals surface area (Å²) in [4.78, 5) is 0. The summed E-state index contributed by atoms with van der Waals surface area (Å²) in [6.07, 6.45) is 22.4. The minimum absolute atomic E-state index is 0.522. The lowest BCUT2D eigenvalue weighted by molar-refractivity contribution is 0.400. The lowest BCUT2D eigenvalue weighted by Crippen LogP contribution is -2.09. The number of hydrogen-bond acceptors (Lipinski definition) is 4. The molecule has 0 aromatic carbocycles. The van der Waals surface area contributed by atoms with Gasteiger partial charge in [0.05, 0.1) is 0 Å². The largest absolute Gasteiger partial charge is 0.451 e. The van der Waals surface area contributed by atoms with E-state index in [0.717, 1.165) is 25.7 Å². The topological polar surface area (TPSA) is 80.9 Å². The zero-order valence-corrected chi connectivity index (χ0v) is 16.4. The highest BCUT2D eigenvalue weighted by Crippen LogP contribution is 2.14. The summed E-state index contributed by atoms with van der Waals surface area (Å²) in [6.45, 7) is 0. The van der Waals surface area contributed by atoms with Crippen molar-refractivity contribution in [2.75, 3.05) is 0 Å². The molecule has 0 aliphatic rings. The van der Waals surface area contributed by atoms with Crippen LogP contribution < -0.4 is 0 Å². The summed E-state index contributed by atoms with van der Waals surface area (Å²) in [5, 5.41) is 35.0.